The lowest BCUT2D eigenvalue weighted by atomic mass is 9.77. The molecule has 0 saturated carbocycles. The second-order valence-electron chi connectivity index (χ2n) is 4.32. The molecule has 9 heteroatoms. The molecule has 1 saturated heterocycles. The number of aliphatic carboxylic acids is 1. The van der Waals surface area contributed by atoms with Gasteiger partial charge in [-0.3, -0.25) is 9.59 Å². The molecule has 1 rings (SSSR count). The van der Waals surface area contributed by atoms with Crippen molar-refractivity contribution in [3.63, 3.8) is 0 Å². The molecule has 1 fully saturated rings. The van der Waals surface area contributed by atoms with Crippen LogP contribution in [0.2, 0.25) is 0 Å². The zero-order chi connectivity index (χ0) is 14.4. The number of hydrogen-bond acceptors (Lipinski definition) is 2. The smallest absolute Gasteiger partial charge is 0.471 e. The zero-order valence-electron chi connectivity index (χ0n) is 9.22. The summed E-state index contributed by atoms with van der Waals surface area (Å²) in [6.45, 7) is -1.46. The summed E-state index contributed by atoms with van der Waals surface area (Å²) in [6, 6.07) is 0. The van der Waals surface area contributed by atoms with Gasteiger partial charge in [-0.2, -0.15) is 13.2 Å². The normalized spacial score (nSPS) is 28.0. The van der Waals surface area contributed by atoms with Crippen LogP contribution < -0.4 is 0 Å². The van der Waals surface area contributed by atoms with E-state index in [9.17, 15) is 31.5 Å². The van der Waals surface area contributed by atoms with Gasteiger partial charge in [0.25, 0.3) is 5.92 Å². The molecule has 1 aliphatic heterocycles. The number of hydrogen-bond donors (Lipinski definition) is 1. The first-order chi connectivity index (χ1) is 7.92. The van der Waals surface area contributed by atoms with E-state index >= 15 is 0 Å². The first-order valence-corrected chi connectivity index (χ1v) is 4.89. The van der Waals surface area contributed by atoms with E-state index in [1.165, 1.54) is 0 Å². The van der Waals surface area contributed by atoms with Crippen molar-refractivity contribution in [3.05, 3.63) is 0 Å². The molecule has 4 nitrogen and oxygen atoms in total. The highest BCUT2D eigenvalue weighted by molar-refractivity contribution is 5.83. The Balaban J connectivity index is 2.94. The maximum Gasteiger partial charge on any atom is 0.471 e. The lowest BCUT2D eigenvalue weighted by Gasteiger charge is -2.42. The number of rotatable bonds is 1. The molecule has 0 aliphatic carbocycles. The fourth-order valence-electron chi connectivity index (χ4n) is 1.65. The van der Waals surface area contributed by atoms with Gasteiger partial charge in [-0.1, -0.05) is 0 Å². The van der Waals surface area contributed by atoms with Gasteiger partial charge >= 0.3 is 18.1 Å². The number of carbonyl (C=O) groups excluding carboxylic acids is 1. The molecule has 0 spiro atoms. The number of likely N-dealkylation sites (tertiary alicyclic amines) is 1. The van der Waals surface area contributed by atoms with E-state index in [2.05, 4.69) is 0 Å². The molecule has 0 radical (unpaired) electrons. The minimum Gasteiger partial charge on any atom is -0.481 e. The van der Waals surface area contributed by atoms with Gasteiger partial charge in [0.15, 0.2) is 0 Å². The number of alkyl halides is 5. The van der Waals surface area contributed by atoms with E-state index in [0.717, 1.165) is 6.92 Å². The lowest BCUT2D eigenvalue weighted by molar-refractivity contribution is -0.211. The largest absolute Gasteiger partial charge is 0.481 e. The van der Waals surface area contributed by atoms with Crippen molar-refractivity contribution < 1.29 is 36.6 Å². The highest BCUT2D eigenvalue weighted by Crippen LogP contribution is 2.44. The topological polar surface area (TPSA) is 57.6 Å². The maximum absolute atomic E-state index is 13.6. The van der Waals surface area contributed by atoms with Gasteiger partial charge in [-0.25, -0.2) is 8.78 Å². The van der Waals surface area contributed by atoms with E-state index in [1.807, 2.05) is 0 Å². The number of amides is 1. The summed E-state index contributed by atoms with van der Waals surface area (Å²) in [5.41, 5.74) is -2.46. The first kappa shape index (κ1) is 14.7. The van der Waals surface area contributed by atoms with Crippen LogP contribution in [0.15, 0.2) is 0 Å². The van der Waals surface area contributed by atoms with Crippen molar-refractivity contribution >= 4 is 11.9 Å². The number of carboxylic acids is 1. The standard InChI is InChI=1S/C9H10F5NO3/c1-7(6(17)18)2-3-15(4-8(7,10)11)5(16)9(12,13)14/h2-4H2,1H3,(H,17,18). The molecule has 18 heavy (non-hydrogen) atoms. The summed E-state index contributed by atoms with van der Waals surface area (Å²) in [5.74, 6) is -8.10. The fraction of sp³-hybridized carbons (Fsp3) is 0.778. The molecule has 0 aromatic rings. The molecule has 0 aromatic carbocycles. The van der Waals surface area contributed by atoms with Crippen molar-refractivity contribution in [3.8, 4) is 0 Å². The van der Waals surface area contributed by atoms with Gasteiger partial charge in [0.2, 0.25) is 0 Å². The van der Waals surface area contributed by atoms with Crippen LogP contribution in [0, 0.1) is 5.41 Å². The summed E-state index contributed by atoms with van der Waals surface area (Å²) in [7, 11) is 0. The highest BCUT2D eigenvalue weighted by Gasteiger charge is 2.61. The Hall–Kier alpha value is -1.41. The Morgan fingerprint density at radius 2 is 1.78 bits per heavy atom. The minimum atomic E-state index is -5.24. The van der Waals surface area contributed by atoms with Crippen LogP contribution in [0.3, 0.4) is 0 Å². The molecular formula is C9H10F5NO3. The van der Waals surface area contributed by atoms with Gasteiger partial charge in [0.1, 0.15) is 5.41 Å². The summed E-state index contributed by atoms with van der Waals surface area (Å²) < 4.78 is 63.4. The predicted molar refractivity (Wildman–Crippen MR) is 47.9 cm³/mol. The van der Waals surface area contributed by atoms with Crippen LogP contribution in [0.4, 0.5) is 22.0 Å². The minimum absolute atomic E-state index is 0.0648. The molecular weight excluding hydrogens is 265 g/mol. The zero-order valence-corrected chi connectivity index (χ0v) is 9.22. The SMILES string of the molecule is CC1(C(=O)O)CCN(C(=O)C(F)(F)F)CC1(F)F. The molecule has 1 aliphatic rings. The van der Waals surface area contributed by atoms with Crippen molar-refractivity contribution in [1.82, 2.24) is 4.90 Å². The number of carbonyl (C=O) groups is 2. The molecule has 1 atom stereocenters. The van der Waals surface area contributed by atoms with Crippen LogP contribution in [0.25, 0.3) is 0 Å². The lowest BCUT2D eigenvalue weighted by Crippen LogP contribution is -2.60. The Labute approximate surface area is 98.4 Å². The molecule has 104 valence electrons. The Morgan fingerprint density at radius 1 is 1.28 bits per heavy atom. The first-order valence-electron chi connectivity index (χ1n) is 4.89. The Kier molecular flexibility index (Phi) is 3.30. The van der Waals surface area contributed by atoms with Crippen molar-refractivity contribution in [2.45, 2.75) is 25.4 Å². The van der Waals surface area contributed by atoms with Crippen molar-refractivity contribution in [2.24, 2.45) is 5.41 Å². The van der Waals surface area contributed by atoms with E-state index in [1.54, 1.807) is 0 Å². The number of carboxylic acid groups (broad SMARTS) is 1. The monoisotopic (exact) mass is 275 g/mol. The van der Waals surface area contributed by atoms with E-state index in [0.29, 0.717) is 0 Å². The molecule has 0 aromatic heterocycles. The van der Waals surface area contributed by atoms with Crippen LogP contribution in [0.5, 0.6) is 0 Å². The van der Waals surface area contributed by atoms with Gasteiger partial charge < -0.3 is 10.0 Å². The third-order valence-electron chi connectivity index (χ3n) is 3.08. The van der Waals surface area contributed by atoms with E-state index < -0.39 is 48.9 Å². The second kappa shape index (κ2) is 4.06. The molecule has 1 unspecified atom stereocenters. The molecule has 1 N–H and O–H groups in total. The third kappa shape index (κ3) is 2.25. The summed E-state index contributed by atoms with van der Waals surface area (Å²) in [6.07, 6.45) is -5.98. The average molecular weight is 275 g/mol. The molecule has 1 heterocycles. The Bertz CT molecular complexity index is 381. The van der Waals surface area contributed by atoms with Gasteiger partial charge in [0.05, 0.1) is 6.54 Å². The second-order valence-corrected chi connectivity index (χ2v) is 4.32. The van der Waals surface area contributed by atoms with E-state index in [4.69, 9.17) is 5.11 Å². The fourth-order valence-corrected chi connectivity index (χ4v) is 1.65. The molecule has 0 bridgehead atoms. The maximum atomic E-state index is 13.6. The quantitative estimate of drug-likeness (QED) is 0.738. The average Bonchev–Trinajstić information content (AvgIpc) is 2.19. The molecule has 1 amide bonds. The number of piperidine rings is 1. The summed E-state index contributed by atoms with van der Waals surface area (Å²) >= 11 is 0. The highest BCUT2D eigenvalue weighted by atomic mass is 19.4. The third-order valence-corrected chi connectivity index (χ3v) is 3.08. The summed E-state index contributed by atoms with van der Waals surface area (Å²) in [5, 5.41) is 8.71. The van der Waals surface area contributed by atoms with Crippen LogP contribution >= 0.6 is 0 Å². The summed E-state index contributed by atoms with van der Waals surface area (Å²) in [4.78, 5) is 21.5. The number of halogens is 5. The van der Waals surface area contributed by atoms with Crippen LogP contribution in [-0.2, 0) is 9.59 Å². The van der Waals surface area contributed by atoms with Gasteiger partial charge in [0, 0.05) is 6.54 Å². The van der Waals surface area contributed by atoms with Crippen molar-refractivity contribution in [2.75, 3.05) is 13.1 Å². The Morgan fingerprint density at radius 3 is 2.11 bits per heavy atom. The van der Waals surface area contributed by atoms with E-state index in [-0.39, 0.29) is 4.90 Å². The number of nitrogens with zero attached hydrogens (tertiary/aromatic N) is 1. The van der Waals surface area contributed by atoms with Crippen LogP contribution in [0.1, 0.15) is 13.3 Å². The van der Waals surface area contributed by atoms with Crippen LogP contribution in [-0.4, -0.2) is 47.1 Å². The predicted octanol–water partition coefficient (Wildman–Crippen LogP) is 1.51. The van der Waals surface area contributed by atoms with Gasteiger partial charge in [-0.05, 0) is 13.3 Å². The van der Waals surface area contributed by atoms with Crippen molar-refractivity contribution in [1.29, 1.82) is 0 Å². The van der Waals surface area contributed by atoms with Gasteiger partial charge in [-0.15, -0.1) is 0 Å².